The van der Waals surface area contributed by atoms with Gasteiger partial charge in [-0.15, -0.1) is 0 Å². The third-order valence-corrected chi connectivity index (χ3v) is 5.56. The van der Waals surface area contributed by atoms with E-state index in [4.69, 9.17) is 16.3 Å². The molecule has 0 spiro atoms. The molecule has 5 nitrogen and oxygen atoms in total. The maximum Gasteiger partial charge on any atom is 0.416 e. The Bertz CT molecular complexity index is 891. The number of ether oxygens (including phenoxy) is 1. The molecule has 0 bridgehead atoms. The van der Waals surface area contributed by atoms with E-state index in [1.54, 1.807) is 17.0 Å². The molecule has 0 N–H and O–H groups in total. The third kappa shape index (κ3) is 4.33. The molecule has 2 atom stereocenters. The van der Waals surface area contributed by atoms with Gasteiger partial charge in [0.2, 0.25) is 5.88 Å². The van der Waals surface area contributed by atoms with Crippen LogP contribution in [-0.2, 0) is 6.18 Å². The van der Waals surface area contributed by atoms with Gasteiger partial charge in [0, 0.05) is 30.4 Å². The molecule has 0 radical (unpaired) electrons. The Balaban J connectivity index is 1.47. The first-order valence-corrected chi connectivity index (χ1v) is 9.69. The van der Waals surface area contributed by atoms with Crippen LogP contribution in [0.25, 0.3) is 0 Å². The van der Waals surface area contributed by atoms with Crippen molar-refractivity contribution < 1.29 is 22.7 Å². The monoisotopic (exact) mass is 425 g/mol. The Labute approximate surface area is 171 Å². The van der Waals surface area contributed by atoms with E-state index >= 15 is 0 Å². The van der Waals surface area contributed by atoms with Crippen LogP contribution in [0, 0.1) is 0 Å². The zero-order valence-corrected chi connectivity index (χ0v) is 16.2. The minimum atomic E-state index is -4.48. The highest BCUT2D eigenvalue weighted by atomic mass is 35.5. The number of nitrogens with zero attached hydrogens (tertiary/aromatic N) is 3. The lowest BCUT2D eigenvalue weighted by molar-refractivity contribution is -0.137. The van der Waals surface area contributed by atoms with Crippen molar-refractivity contribution in [1.82, 2.24) is 14.8 Å². The summed E-state index contributed by atoms with van der Waals surface area (Å²) in [5.41, 5.74) is -0.788. The predicted octanol–water partition coefficient (Wildman–Crippen LogP) is 4.43. The van der Waals surface area contributed by atoms with Gasteiger partial charge in [0.05, 0.1) is 17.3 Å². The fourth-order valence-electron chi connectivity index (χ4n) is 3.87. The van der Waals surface area contributed by atoms with Crippen molar-refractivity contribution >= 4 is 17.5 Å². The zero-order valence-electron chi connectivity index (χ0n) is 15.4. The normalized spacial score (nSPS) is 22.4. The van der Waals surface area contributed by atoms with E-state index in [1.165, 1.54) is 18.3 Å². The minimum Gasteiger partial charge on any atom is -0.458 e. The fourth-order valence-corrected chi connectivity index (χ4v) is 3.98. The number of carbonyl (C=O) groups excluding carboxylic acids is 1. The Morgan fingerprint density at radius 3 is 2.72 bits per heavy atom. The number of amides is 1. The first kappa shape index (κ1) is 20.0. The number of hydrogen-bond donors (Lipinski definition) is 0. The van der Waals surface area contributed by atoms with Gasteiger partial charge in [0.15, 0.2) is 6.23 Å². The molecule has 2 fully saturated rings. The van der Waals surface area contributed by atoms with Crippen LogP contribution in [0.2, 0.25) is 5.02 Å². The van der Waals surface area contributed by atoms with Gasteiger partial charge in [-0.25, -0.2) is 9.88 Å². The summed E-state index contributed by atoms with van der Waals surface area (Å²) in [5, 5.41) is 0.512. The summed E-state index contributed by atoms with van der Waals surface area (Å²) in [6, 6.07) is 8.20. The molecule has 2 aromatic rings. The van der Waals surface area contributed by atoms with Crippen LogP contribution in [0.5, 0.6) is 5.88 Å². The largest absolute Gasteiger partial charge is 0.458 e. The van der Waals surface area contributed by atoms with Crippen LogP contribution in [0.1, 0.15) is 35.2 Å². The molecule has 2 aliphatic rings. The average molecular weight is 426 g/mol. The van der Waals surface area contributed by atoms with Crippen molar-refractivity contribution in [3.05, 3.63) is 58.7 Å². The molecule has 9 heteroatoms. The number of aromatic nitrogens is 1. The van der Waals surface area contributed by atoms with Crippen molar-refractivity contribution in [2.75, 3.05) is 13.2 Å². The van der Waals surface area contributed by atoms with Crippen LogP contribution in [0.4, 0.5) is 13.2 Å². The van der Waals surface area contributed by atoms with Crippen molar-refractivity contribution in [3.8, 4) is 5.88 Å². The second-order valence-electron chi connectivity index (χ2n) is 7.21. The van der Waals surface area contributed by atoms with Gasteiger partial charge < -0.3 is 9.64 Å². The number of rotatable bonds is 3. The SMILES string of the molecule is O=C(c1cccc(C(F)(F)F)c1)N1CC[C@H]2CC[C@@H](Oc3ccc(Cl)cn3)N2C1. The van der Waals surface area contributed by atoms with Gasteiger partial charge in [0.1, 0.15) is 0 Å². The molecule has 1 amide bonds. The Hall–Kier alpha value is -2.32. The molecule has 1 aromatic heterocycles. The number of benzene rings is 1. The molecule has 0 unspecified atom stereocenters. The van der Waals surface area contributed by atoms with Crippen LogP contribution in [-0.4, -0.2) is 46.2 Å². The van der Waals surface area contributed by atoms with E-state index in [2.05, 4.69) is 9.88 Å². The van der Waals surface area contributed by atoms with Crippen molar-refractivity contribution in [3.63, 3.8) is 0 Å². The minimum absolute atomic E-state index is 0.0364. The van der Waals surface area contributed by atoms with Gasteiger partial charge >= 0.3 is 6.18 Å². The molecule has 0 aliphatic carbocycles. The van der Waals surface area contributed by atoms with Crippen LogP contribution in [0.15, 0.2) is 42.6 Å². The summed E-state index contributed by atoms with van der Waals surface area (Å²) in [6.07, 6.45) is -0.750. The van der Waals surface area contributed by atoms with Crippen molar-refractivity contribution in [2.45, 2.75) is 37.7 Å². The van der Waals surface area contributed by atoms with E-state index in [0.717, 1.165) is 31.4 Å². The zero-order chi connectivity index (χ0) is 20.6. The lowest BCUT2D eigenvalue weighted by Crippen LogP contribution is -2.53. The first-order chi connectivity index (χ1) is 13.8. The van der Waals surface area contributed by atoms with E-state index in [0.29, 0.717) is 24.1 Å². The molecular formula is C20H19ClF3N3O2. The Morgan fingerprint density at radius 2 is 2.00 bits per heavy atom. The highest BCUT2D eigenvalue weighted by molar-refractivity contribution is 6.30. The molecule has 3 heterocycles. The Morgan fingerprint density at radius 1 is 1.17 bits per heavy atom. The number of halogens is 4. The van der Waals surface area contributed by atoms with Crippen LogP contribution < -0.4 is 4.74 Å². The van der Waals surface area contributed by atoms with Gasteiger partial charge in [-0.3, -0.25) is 4.79 Å². The molecule has 29 heavy (non-hydrogen) atoms. The van der Waals surface area contributed by atoms with E-state index in [1.807, 2.05) is 0 Å². The molecule has 0 saturated carbocycles. The summed E-state index contributed by atoms with van der Waals surface area (Å²) < 4.78 is 44.9. The molecule has 2 saturated heterocycles. The topological polar surface area (TPSA) is 45.7 Å². The van der Waals surface area contributed by atoms with E-state index in [-0.39, 0.29) is 17.8 Å². The van der Waals surface area contributed by atoms with E-state index < -0.39 is 17.6 Å². The lowest BCUT2D eigenvalue weighted by atomic mass is 10.1. The molecule has 4 rings (SSSR count). The Kier molecular flexibility index (Phi) is 5.40. The summed E-state index contributed by atoms with van der Waals surface area (Å²) in [4.78, 5) is 20.6. The van der Waals surface area contributed by atoms with Crippen molar-refractivity contribution in [1.29, 1.82) is 0 Å². The quantitative estimate of drug-likeness (QED) is 0.730. The van der Waals surface area contributed by atoms with Crippen LogP contribution >= 0.6 is 11.6 Å². The summed E-state index contributed by atoms with van der Waals surface area (Å²) in [7, 11) is 0. The van der Waals surface area contributed by atoms with Gasteiger partial charge in [-0.1, -0.05) is 17.7 Å². The fraction of sp³-hybridized carbons (Fsp3) is 0.400. The van der Waals surface area contributed by atoms with Gasteiger partial charge in [-0.05, 0) is 43.5 Å². The summed E-state index contributed by atoms with van der Waals surface area (Å²) in [6.45, 7) is 0.806. The first-order valence-electron chi connectivity index (χ1n) is 9.32. The van der Waals surface area contributed by atoms with E-state index in [9.17, 15) is 18.0 Å². The highest BCUT2D eigenvalue weighted by Gasteiger charge is 2.40. The molecule has 1 aromatic carbocycles. The van der Waals surface area contributed by atoms with Crippen LogP contribution in [0.3, 0.4) is 0 Å². The van der Waals surface area contributed by atoms with Gasteiger partial charge in [0.25, 0.3) is 5.91 Å². The number of fused-ring (bicyclic) bond motifs is 1. The van der Waals surface area contributed by atoms with Gasteiger partial charge in [-0.2, -0.15) is 13.2 Å². The average Bonchev–Trinajstić information content (AvgIpc) is 3.10. The summed E-state index contributed by atoms with van der Waals surface area (Å²) in [5.74, 6) is 0.0335. The lowest BCUT2D eigenvalue weighted by Gasteiger charge is -2.40. The smallest absolute Gasteiger partial charge is 0.416 e. The number of alkyl halides is 3. The maximum atomic E-state index is 13.0. The number of pyridine rings is 1. The molecule has 2 aliphatic heterocycles. The standard InChI is InChI=1S/C20H19ClF3N3O2/c21-15-4-6-17(25-11-15)29-18-7-5-16-8-9-26(12-27(16)18)19(28)13-2-1-3-14(10-13)20(22,23)24/h1-4,6,10-11,16,18H,5,7-9,12H2/t16-,18-/m1/s1. The maximum absolute atomic E-state index is 13.0. The predicted molar refractivity (Wildman–Crippen MR) is 100 cm³/mol. The second kappa shape index (κ2) is 7.84. The number of carbonyl (C=O) groups is 1. The second-order valence-corrected chi connectivity index (χ2v) is 7.65. The third-order valence-electron chi connectivity index (χ3n) is 5.33. The number of hydrogen-bond acceptors (Lipinski definition) is 4. The van der Waals surface area contributed by atoms with Crippen molar-refractivity contribution in [2.24, 2.45) is 0 Å². The summed E-state index contributed by atoms with van der Waals surface area (Å²) >= 11 is 5.85. The highest BCUT2D eigenvalue weighted by Crippen LogP contribution is 2.33. The molecule has 154 valence electrons. The molecular weight excluding hydrogens is 407 g/mol.